The van der Waals surface area contributed by atoms with Crippen molar-refractivity contribution in [2.45, 2.75) is 12.2 Å². The van der Waals surface area contributed by atoms with E-state index in [9.17, 15) is 9.50 Å². The van der Waals surface area contributed by atoms with Crippen LogP contribution in [0.5, 0.6) is 11.5 Å². The van der Waals surface area contributed by atoms with E-state index >= 15 is 0 Å². The minimum Gasteiger partial charge on any atom is -0.493 e. The maximum absolute atomic E-state index is 14.0. The van der Waals surface area contributed by atoms with Crippen LogP contribution in [0.3, 0.4) is 0 Å². The van der Waals surface area contributed by atoms with Gasteiger partial charge < -0.3 is 24.1 Å². The van der Waals surface area contributed by atoms with Crippen LogP contribution in [0.1, 0.15) is 11.7 Å². The summed E-state index contributed by atoms with van der Waals surface area (Å²) < 4.78 is 34.6. The van der Waals surface area contributed by atoms with Gasteiger partial charge in [0.15, 0.2) is 11.5 Å². The van der Waals surface area contributed by atoms with Gasteiger partial charge in [-0.3, -0.25) is 0 Å². The van der Waals surface area contributed by atoms with Crippen molar-refractivity contribution in [1.29, 1.82) is 0 Å². The van der Waals surface area contributed by atoms with Crippen LogP contribution in [0.15, 0.2) is 12.1 Å². The molecule has 1 fully saturated rings. The van der Waals surface area contributed by atoms with E-state index < -0.39 is 18.0 Å². The Labute approximate surface area is 110 Å². The molecule has 1 heterocycles. The van der Waals surface area contributed by atoms with Gasteiger partial charge in [0.1, 0.15) is 18.0 Å². The third-order valence-electron chi connectivity index (χ3n) is 3.02. The third kappa shape index (κ3) is 2.97. The van der Waals surface area contributed by atoms with Gasteiger partial charge in [-0.1, -0.05) is 0 Å². The summed E-state index contributed by atoms with van der Waals surface area (Å²) in [6, 6.07) is 2.60. The lowest BCUT2D eigenvalue weighted by atomic mass is 10.0. The average molecular weight is 272 g/mol. The van der Waals surface area contributed by atoms with E-state index in [-0.39, 0.29) is 17.9 Å². The van der Waals surface area contributed by atoms with Gasteiger partial charge in [0.25, 0.3) is 0 Å². The number of aliphatic hydroxyl groups excluding tert-OH is 1. The van der Waals surface area contributed by atoms with Gasteiger partial charge in [-0.05, 0) is 6.07 Å². The molecule has 0 spiro atoms. The summed E-state index contributed by atoms with van der Waals surface area (Å²) in [7, 11) is 2.87. The van der Waals surface area contributed by atoms with Crippen LogP contribution >= 0.6 is 0 Å². The molecule has 0 radical (unpaired) electrons. The highest BCUT2D eigenvalue weighted by Gasteiger charge is 2.28. The SMILES string of the molecule is COc1cc(F)c(C(O)C2COCCO2)cc1OC. The highest BCUT2D eigenvalue weighted by molar-refractivity contribution is 5.44. The number of ether oxygens (including phenoxy) is 4. The van der Waals surface area contributed by atoms with E-state index in [1.165, 1.54) is 26.4 Å². The molecular weight excluding hydrogens is 255 g/mol. The highest BCUT2D eigenvalue weighted by atomic mass is 19.1. The maximum Gasteiger partial charge on any atom is 0.163 e. The Bertz CT molecular complexity index is 431. The zero-order chi connectivity index (χ0) is 13.8. The number of benzene rings is 1. The second kappa shape index (κ2) is 6.18. The minimum absolute atomic E-state index is 0.105. The maximum atomic E-state index is 14.0. The van der Waals surface area contributed by atoms with Crippen molar-refractivity contribution in [3.8, 4) is 11.5 Å². The fourth-order valence-corrected chi connectivity index (χ4v) is 1.99. The largest absolute Gasteiger partial charge is 0.493 e. The number of hydrogen-bond acceptors (Lipinski definition) is 5. The quantitative estimate of drug-likeness (QED) is 0.895. The second-order valence-corrected chi connectivity index (χ2v) is 4.16. The fourth-order valence-electron chi connectivity index (χ4n) is 1.99. The Balaban J connectivity index is 2.27. The molecule has 1 aromatic carbocycles. The zero-order valence-electron chi connectivity index (χ0n) is 10.9. The third-order valence-corrected chi connectivity index (χ3v) is 3.02. The first-order valence-corrected chi connectivity index (χ1v) is 5.96. The van der Waals surface area contributed by atoms with Crippen LogP contribution in [0, 0.1) is 5.82 Å². The first kappa shape index (κ1) is 14.0. The normalized spacial score (nSPS) is 20.9. The minimum atomic E-state index is -1.11. The molecule has 2 atom stereocenters. The van der Waals surface area contributed by atoms with Gasteiger partial charge in [0.2, 0.25) is 0 Å². The van der Waals surface area contributed by atoms with Crippen molar-refractivity contribution in [3.63, 3.8) is 0 Å². The monoisotopic (exact) mass is 272 g/mol. The topological polar surface area (TPSA) is 57.2 Å². The molecule has 2 unspecified atom stereocenters. The number of rotatable bonds is 4. The summed E-state index contributed by atoms with van der Waals surface area (Å²) in [5.41, 5.74) is 0.105. The first-order valence-electron chi connectivity index (χ1n) is 5.96. The summed E-state index contributed by atoms with van der Waals surface area (Å²) in [6.07, 6.45) is -1.69. The van der Waals surface area contributed by atoms with E-state index in [2.05, 4.69) is 0 Å². The van der Waals surface area contributed by atoms with Crippen LogP contribution < -0.4 is 9.47 Å². The van der Waals surface area contributed by atoms with Crippen molar-refractivity contribution in [1.82, 2.24) is 0 Å². The van der Waals surface area contributed by atoms with Gasteiger partial charge in [-0.25, -0.2) is 4.39 Å². The summed E-state index contributed by atoms with van der Waals surface area (Å²) in [6.45, 7) is 1.10. The molecule has 1 saturated heterocycles. The predicted molar refractivity (Wildman–Crippen MR) is 65.0 cm³/mol. The lowest BCUT2D eigenvalue weighted by Gasteiger charge is -2.27. The lowest BCUT2D eigenvalue weighted by molar-refractivity contribution is -0.134. The number of methoxy groups -OCH3 is 2. The van der Waals surface area contributed by atoms with E-state index in [1.807, 2.05) is 0 Å². The van der Waals surface area contributed by atoms with Crippen molar-refractivity contribution in [3.05, 3.63) is 23.5 Å². The van der Waals surface area contributed by atoms with Crippen molar-refractivity contribution < 1.29 is 28.4 Å². The summed E-state index contributed by atoms with van der Waals surface area (Å²) in [5.74, 6) is 0.0609. The standard InChI is InChI=1S/C13H17FO5/c1-16-10-5-8(9(14)6-11(10)17-2)13(15)12-7-18-3-4-19-12/h5-6,12-13,15H,3-4,7H2,1-2H3. The average Bonchev–Trinajstić information content (AvgIpc) is 2.47. The van der Waals surface area contributed by atoms with Crippen LogP contribution in [-0.2, 0) is 9.47 Å². The van der Waals surface area contributed by atoms with Gasteiger partial charge in [-0.15, -0.1) is 0 Å². The van der Waals surface area contributed by atoms with Crippen molar-refractivity contribution in [2.75, 3.05) is 34.0 Å². The van der Waals surface area contributed by atoms with Crippen LogP contribution in [0.2, 0.25) is 0 Å². The molecule has 19 heavy (non-hydrogen) atoms. The Morgan fingerprint density at radius 3 is 2.53 bits per heavy atom. The highest BCUT2D eigenvalue weighted by Crippen LogP contribution is 2.34. The summed E-state index contributed by atoms with van der Waals surface area (Å²) >= 11 is 0. The molecule has 0 bridgehead atoms. The van der Waals surface area contributed by atoms with Gasteiger partial charge in [0.05, 0.1) is 34.0 Å². The van der Waals surface area contributed by atoms with E-state index in [4.69, 9.17) is 18.9 Å². The van der Waals surface area contributed by atoms with E-state index in [0.29, 0.717) is 19.0 Å². The first-order chi connectivity index (χ1) is 9.17. The van der Waals surface area contributed by atoms with Crippen LogP contribution in [-0.4, -0.2) is 45.3 Å². The Kier molecular flexibility index (Phi) is 4.57. The second-order valence-electron chi connectivity index (χ2n) is 4.16. The summed E-state index contributed by atoms with van der Waals surface area (Å²) in [5, 5.41) is 10.2. The molecule has 1 aliphatic heterocycles. The Hall–Kier alpha value is -1.37. The molecule has 0 amide bonds. The Morgan fingerprint density at radius 2 is 1.95 bits per heavy atom. The molecule has 6 heteroatoms. The molecule has 5 nitrogen and oxygen atoms in total. The molecule has 0 aliphatic carbocycles. The smallest absolute Gasteiger partial charge is 0.163 e. The number of hydrogen-bond donors (Lipinski definition) is 1. The molecule has 1 aliphatic rings. The molecule has 0 aromatic heterocycles. The Morgan fingerprint density at radius 1 is 1.26 bits per heavy atom. The number of halogens is 1. The molecular formula is C13H17FO5. The van der Waals surface area contributed by atoms with E-state index in [1.54, 1.807) is 0 Å². The summed E-state index contributed by atoms with van der Waals surface area (Å²) in [4.78, 5) is 0. The lowest BCUT2D eigenvalue weighted by Crippen LogP contribution is -2.34. The van der Waals surface area contributed by atoms with Gasteiger partial charge in [-0.2, -0.15) is 0 Å². The fraction of sp³-hybridized carbons (Fsp3) is 0.538. The molecule has 106 valence electrons. The number of aliphatic hydroxyl groups is 1. The van der Waals surface area contributed by atoms with Gasteiger partial charge in [0, 0.05) is 11.6 Å². The molecule has 2 rings (SSSR count). The van der Waals surface area contributed by atoms with E-state index in [0.717, 1.165) is 0 Å². The molecule has 1 aromatic rings. The van der Waals surface area contributed by atoms with Gasteiger partial charge >= 0.3 is 0 Å². The van der Waals surface area contributed by atoms with Crippen LogP contribution in [0.25, 0.3) is 0 Å². The van der Waals surface area contributed by atoms with Crippen molar-refractivity contribution in [2.24, 2.45) is 0 Å². The molecule has 1 N–H and O–H groups in total. The predicted octanol–water partition coefficient (Wildman–Crippen LogP) is 1.29. The molecule has 0 saturated carbocycles. The zero-order valence-corrected chi connectivity index (χ0v) is 10.9. The van der Waals surface area contributed by atoms with Crippen molar-refractivity contribution >= 4 is 0 Å². The van der Waals surface area contributed by atoms with Crippen LogP contribution in [0.4, 0.5) is 4.39 Å².